The van der Waals surface area contributed by atoms with Gasteiger partial charge in [-0.25, -0.2) is 0 Å². The van der Waals surface area contributed by atoms with Gasteiger partial charge in [0.1, 0.15) is 0 Å². The second kappa shape index (κ2) is 4.57. The molecule has 0 spiro atoms. The Morgan fingerprint density at radius 1 is 1.16 bits per heavy atom. The average molecular weight is 272 g/mol. The summed E-state index contributed by atoms with van der Waals surface area (Å²) in [6, 6.07) is 10.7. The predicted octanol–water partition coefficient (Wildman–Crippen LogP) is 3.89. The van der Waals surface area contributed by atoms with Crippen molar-refractivity contribution in [1.82, 2.24) is 9.88 Å². The second-order valence-electron chi connectivity index (χ2n) is 5.99. The summed E-state index contributed by atoms with van der Waals surface area (Å²) in [5.41, 5.74) is 1.24. The Bertz CT molecular complexity index is 577. The Balaban J connectivity index is 1.52. The molecule has 4 rings (SSSR count). The van der Waals surface area contributed by atoms with E-state index in [9.17, 15) is 0 Å². The average Bonchev–Trinajstić information content (AvgIpc) is 2.92. The van der Waals surface area contributed by atoms with Gasteiger partial charge in [0.2, 0.25) is 0 Å². The Morgan fingerprint density at radius 3 is 2.74 bits per heavy atom. The van der Waals surface area contributed by atoms with E-state index in [1.165, 1.54) is 41.5 Å². The first-order valence-electron chi connectivity index (χ1n) is 7.25. The number of benzene rings is 1. The van der Waals surface area contributed by atoms with E-state index in [1.54, 1.807) is 0 Å². The van der Waals surface area contributed by atoms with Crippen molar-refractivity contribution >= 4 is 22.7 Å². The van der Waals surface area contributed by atoms with Crippen LogP contribution in [0.4, 0.5) is 0 Å². The molecule has 2 aliphatic rings. The lowest BCUT2D eigenvalue weighted by Gasteiger charge is -2.36. The van der Waals surface area contributed by atoms with Crippen molar-refractivity contribution < 1.29 is 0 Å². The minimum atomic E-state index is 0.810. The summed E-state index contributed by atoms with van der Waals surface area (Å²) in [5, 5.41) is 2.14. The van der Waals surface area contributed by atoms with Gasteiger partial charge in [-0.1, -0.05) is 0 Å². The van der Waals surface area contributed by atoms with Crippen molar-refractivity contribution in [2.24, 2.45) is 0 Å². The number of aromatic amines is 1. The standard InChI is InChI=1S/C16H20N2S/c1-18-12-2-3-13(18)10-15(9-12)19-14-4-5-16-11(8-14)6-7-17-16/h4-8,12-13,15,17H,2-3,9-10H2,1H3/t12-,13+,15?. The predicted molar refractivity (Wildman–Crippen MR) is 81.8 cm³/mol. The molecule has 2 aromatic rings. The zero-order valence-electron chi connectivity index (χ0n) is 11.3. The Labute approximate surface area is 118 Å². The number of rotatable bonds is 2. The summed E-state index contributed by atoms with van der Waals surface area (Å²) >= 11 is 2.09. The van der Waals surface area contributed by atoms with Gasteiger partial charge in [-0.2, -0.15) is 0 Å². The Kier molecular flexibility index (Phi) is 2.85. The van der Waals surface area contributed by atoms with E-state index in [-0.39, 0.29) is 0 Å². The third kappa shape index (κ3) is 2.09. The molecule has 3 heterocycles. The lowest BCUT2D eigenvalue weighted by molar-refractivity contribution is 0.183. The normalized spacial score (nSPS) is 31.1. The number of H-pyrrole nitrogens is 1. The number of thioether (sulfide) groups is 1. The molecule has 0 amide bonds. The first-order valence-corrected chi connectivity index (χ1v) is 8.13. The number of aromatic nitrogens is 1. The van der Waals surface area contributed by atoms with Crippen LogP contribution in [0.25, 0.3) is 10.9 Å². The molecule has 2 saturated heterocycles. The fourth-order valence-corrected chi connectivity index (χ4v) is 5.12. The molecule has 3 heteroatoms. The molecule has 1 aromatic carbocycles. The molecule has 0 saturated carbocycles. The van der Waals surface area contributed by atoms with E-state index in [4.69, 9.17) is 0 Å². The quantitative estimate of drug-likeness (QED) is 0.894. The zero-order chi connectivity index (χ0) is 12.8. The lowest BCUT2D eigenvalue weighted by atomic mass is 10.0. The molecule has 1 aromatic heterocycles. The molecule has 2 aliphatic heterocycles. The van der Waals surface area contributed by atoms with Crippen LogP contribution in [0.15, 0.2) is 35.4 Å². The number of hydrogen-bond donors (Lipinski definition) is 1. The van der Waals surface area contributed by atoms with Gasteiger partial charge in [-0.15, -0.1) is 11.8 Å². The lowest BCUT2D eigenvalue weighted by Crippen LogP contribution is -2.40. The molecule has 3 atom stereocenters. The monoisotopic (exact) mass is 272 g/mol. The third-order valence-corrected chi connectivity index (χ3v) is 6.13. The van der Waals surface area contributed by atoms with E-state index in [1.807, 2.05) is 6.20 Å². The van der Waals surface area contributed by atoms with Crippen molar-refractivity contribution in [1.29, 1.82) is 0 Å². The smallest absolute Gasteiger partial charge is 0.0454 e. The highest BCUT2D eigenvalue weighted by molar-refractivity contribution is 8.00. The van der Waals surface area contributed by atoms with Gasteiger partial charge in [0, 0.05) is 39.3 Å². The zero-order valence-corrected chi connectivity index (χ0v) is 12.1. The van der Waals surface area contributed by atoms with Crippen molar-refractivity contribution in [3.63, 3.8) is 0 Å². The molecule has 2 bridgehead atoms. The van der Waals surface area contributed by atoms with Gasteiger partial charge < -0.3 is 9.88 Å². The molecule has 100 valence electrons. The molecule has 19 heavy (non-hydrogen) atoms. The highest BCUT2D eigenvalue weighted by atomic mass is 32.2. The molecule has 0 aliphatic carbocycles. The fraction of sp³-hybridized carbons (Fsp3) is 0.500. The molecular formula is C16H20N2S. The van der Waals surface area contributed by atoms with E-state index < -0.39 is 0 Å². The van der Waals surface area contributed by atoms with Crippen LogP contribution >= 0.6 is 11.8 Å². The minimum absolute atomic E-state index is 0.810. The topological polar surface area (TPSA) is 19.0 Å². The molecular weight excluding hydrogens is 252 g/mol. The van der Waals surface area contributed by atoms with Crippen LogP contribution in [0.1, 0.15) is 25.7 Å². The van der Waals surface area contributed by atoms with E-state index >= 15 is 0 Å². The minimum Gasteiger partial charge on any atom is -0.361 e. The summed E-state index contributed by atoms with van der Waals surface area (Å²) in [6.07, 6.45) is 7.57. The maximum absolute atomic E-state index is 3.26. The van der Waals surface area contributed by atoms with Crippen LogP contribution in [0.2, 0.25) is 0 Å². The molecule has 2 fully saturated rings. The van der Waals surface area contributed by atoms with Crippen LogP contribution in [0.5, 0.6) is 0 Å². The van der Waals surface area contributed by atoms with Crippen LogP contribution in [-0.4, -0.2) is 34.3 Å². The SMILES string of the molecule is CN1[C@@H]2CC[C@H]1CC(Sc1ccc3[nH]ccc3c1)C2. The molecule has 2 nitrogen and oxygen atoms in total. The summed E-state index contributed by atoms with van der Waals surface area (Å²) in [4.78, 5) is 7.31. The van der Waals surface area contributed by atoms with E-state index in [2.05, 4.69) is 53.0 Å². The first kappa shape index (κ1) is 11.9. The van der Waals surface area contributed by atoms with Gasteiger partial charge in [-0.3, -0.25) is 0 Å². The highest BCUT2D eigenvalue weighted by Crippen LogP contribution is 2.41. The highest BCUT2D eigenvalue weighted by Gasteiger charge is 2.38. The van der Waals surface area contributed by atoms with Gasteiger partial charge >= 0.3 is 0 Å². The van der Waals surface area contributed by atoms with Gasteiger partial charge in [0.05, 0.1) is 0 Å². The Hall–Kier alpha value is -0.930. The number of hydrogen-bond acceptors (Lipinski definition) is 2. The number of piperidine rings is 1. The van der Waals surface area contributed by atoms with E-state index in [0.29, 0.717) is 0 Å². The van der Waals surface area contributed by atoms with Crippen LogP contribution in [0.3, 0.4) is 0 Å². The summed E-state index contributed by atoms with van der Waals surface area (Å²) < 4.78 is 0. The maximum atomic E-state index is 3.26. The molecule has 1 N–H and O–H groups in total. The summed E-state index contributed by atoms with van der Waals surface area (Å²) in [7, 11) is 2.31. The first-order chi connectivity index (χ1) is 9.29. The molecule has 0 radical (unpaired) electrons. The summed E-state index contributed by atoms with van der Waals surface area (Å²) in [6.45, 7) is 0. The third-order valence-electron chi connectivity index (χ3n) is 4.88. The van der Waals surface area contributed by atoms with Crippen molar-refractivity contribution in [2.75, 3.05) is 7.05 Å². The van der Waals surface area contributed by atoms with Gasteiger partial charge in [-0.05, 0) is 57.0 Å². The van der Waals surface area contributed by atoms with Crippen molar-refractivity contribution in [3.05, 3.63) is 30.5 Å². The number of nitrogens with one attached hydrogen (secondary N) is 1. The number of fused-ring (bicyclic) bond motifs is 3. The van der Waals surface area contributed by atoms with Crippen LogP contribution in [-0.2, 0) is 0 Å². The molecule has 1 unspecified atom stereocenters. The van der Waals surface area contributed by atoms with Crippen molar-refractivity contribution in [3.8, 4) is 0 Å². The second-order valence-corrected chi connectivity index (χ2v) is 7.36. The fourth-order valence-electron chi connectivity index (χ4n) is 3.75. The van der Waals surface area contributed by atoms with Crippen molar-refractivity contribution in [2.45, 2.75) is 47.9 Å². The van der Waals surface area contributed by atoms with Gasteiger partial charge in [0.15, 0.2) is 0 Å². The maximum Gasteiger partial charge on any atom is 0.0454 e. The summed E-state index contributed by atoms with van der Waals surface area (Å²) in [5.74, 6) is 0. The van der Waals surface area contributed by atoms with Crippen LogP contribution in [0, 0.1) is 0 Å². The van der Waals surface area contributed by atoms with Crippen LogP contribution < -0.4 is 0 Å². The largest absolute Gasteiger partial charge is 0.361 e. The Morgan fingerprint density at radius 2 is 1.95 bits per heavy atom. The van der Waals surface area contributed by atoms with E-state index in [0.717, 1.165) is 17.3 Å². The van der Waals surface area contributed by atoms with Gasteiger partial charge in [0.25, 0.3) is 0 Å². The number of nitrogens with zero attached hydrogens (tertiary/aromatic N) is 1.